The molecule has 5 unspecified atom stereocenters. The van der Waals surface area contributed by atoms with Gasteiger partial charge in [0.25, 0.3) is 0 Å². The average Bonchev–Trinajstić information content (AvgIpc) is 3.12. The second-order valence-corrected chi connectivity index (χ2v) is 4.56. The molecule has 88 valence electrons. The maximum atomic E-state index is 10.3. The van der Waals surface area contributed by atoms with Gasteiger partial charge in [0.2, 0.25) is 0 Å². The third kappa shape index (κ3) is 1.72. The van der Waals surface area contributed by atoms with Crippen molar-refractivity contribution in [2.45, 2.75) is 43.5 Å². The van der Waals surface area contributed by atoms with Crippen molar-refractivity contribution in [2.24, 2.45) is 0 Å². The van der Waals surface area contributed by atoms with Gasteiger partial charge in [-0.2, -0.15) is 0 Å². The highest BCUT2D eigenvalue weighted by Gasteiger charge is 2.63. The highest BCUT2D eigenvalue weighted by molar-refractivity contribution is 5.19. The molecule has 16 heavy (non-hydrogen) atoms. The number of hydrogen-bond donors (Lipinski definition) is 2. The summed E-state index contributed by atoms with van der Waals surface area (Å²) >= 11 is 0. The summed E-state index contributed by atoms with van der Waals surface area (Å²) in [4.78, 5) is 0. The van der Waals surface area contributed by atoms with Gasteiger partial charge in [0.1, 0.15) is 24.4 Å². The first-order valence-electron chi connectivity index (χ1n) is 5.83. The van der Waals surface area contributed by atoms with Gasteiger partial charge in [-0.1, -0.05) is 18.2 Å². The first-order valence-corrected chi connectivity index (χ1v) is 5.83. The van der Waals surface area contributed by atoms with Gasteiger partial charge >= 0.3 is 0 Å². The lowest BCUT2D eigenvalue weighted by molar-refractivity contribution is 0.0219. The Hall–Kier alpha value is -0.680. The van der Waals surface area contributed by atoms with E-state index in [0.717, 1.165) is 13.0 Å². The third-order valence-electron chi connectivity index (χ3n) is 3.32. The molecule has 2 fully saturated rings. The van der Waals surface area contributed by atoms with E-state index < -0.39 is 5.72 Å². The predicted octanol–water partition coefficient (Wildman–Crippen LogP) is 0.335. The molecule has 0 aromatic heterocycles. The van der Waals surface area contributed by atoms with Crippen molar-refractivity contribution in [3.63, 3.8) is 0 Å². The van der Waals surface area contributed by atoms with Gasteiger partial charge in [0, 0.05) is 6.54 Å². The molecular formula is C12H17NO3. The molecule has 3 heterocycles. The molecule has 0 saturated carbocycles. The Bertz CT molecular complexity index is 341. The van der Waals surface area contributed by atoms with Crippen LogP contribution >= 0.6 is 0 Å². The largest absolute Gasteiger partial charge is 0.369 e. The zero-order valence-corrected chi connectivity index (χ0v) is 9.30. The molecule has 0 aromatic carbocycles. The van der Waals surface area contributed by atoms with E-state index in [1.54, 1.807) is 6.08 Å². The van der Waals surface area contributed by atoms with E-state index in [2.05, 4.69) is 5.32 Å². The molecule has 0 aromatic rings. The monoisotopic (exact) mass is 223 g/mol. The molecule has 0 bridgehead atoms. The Labute approximate surface area is 94.9 Å². The quantitative estimate of drug-likeness (QED) is 0.535. The Morgan fingerprint density at radius 2 is 2.31 bits per heavy atom. The van der Waals surface area contributed by atoms with Crippen molar-refractivity contribution in [1.29, 1.82) is 0 Å². The molecule has 3 aliphatic heterocycles. The summed E-state index contributed by atoms with van der Waals surface area (Å²) in [5.41, 5.74) is -0.991. The summed E-state index contributed by atoms with van der Waals surface area (Å²) in [5, 5.41) is 13.4. The molecule has 2 N–H and O–H groups in total. The van der Waals surface area contributed by atoms with Crippen LogP contribution in [0, 0.1) is 0 Å². The topological polar surface area (TPSA) is 57.3 Å². The van der Waals surface area contributed by atoms with Crippen LogP contribution in [0.25, 0.3) is 0 Å². The standard InChI is InChI=1S/C12H17NO3/c1-2-5-8-9(15-8)10-11(16-10)12(14)6-3-4-7-13-12/h2-3,5-6,8-11,13-14H,4,7H2,1H3/b5-2+. The molecule has 0 amide bonds. The lowest BCUT2D eigenvalue weighted by atomic mass is 10.0. The van der Waals surface area contributed by atoms with Gasteiger partial charge in [-0.05, 0) is 19.4 Å². The van der Waals surface area contributed by atoms with E-state index in [1.807, 2.05) is 25.2 Å². The summed E-state index contributed by atoms with van der Waals surface area (Å²) in [6.07, 6.45) is 8.93. The zero-order chi connectivity index (χ0) is 11.2. The second-order valence-electron chi connectivity index (χ2n) is 4.56. The van der Waals surface area contributed by atoms with Crippen LogP contribution in [0.4, 0.5) is 0 Å². The van der Waals surface area contributed by atoms with Crippen molar-refractivity contribution >= 4 is 0 Å². The Kier molecular flexibility index (Phi) is 2.40. The first kappa shape index (κ1) is 10.5. The van der Waals surface area contributed by atoms with Crippen molar-refractivity contribution in [2.75, 3.05) is 6.54 Å². The summed E-state index contributed by atoms with van der Waals surface area (Å²) in [5.74, 6) is 0. The number of allylic oxidation sites excluding steroid dienone is 1. The maximum Gasteiger partial charge on any atom is 0.164 e. The summed E-state index contributed by atoms with van der Waals surface area (Å²) < 4.78 is 11.0. The molecule has 0 spiro atoms. The molecular weight excluding hydrogens is 206 g/mol. The fourth-order valence-electron chi connectivity index (χ4n) is 2.35. The highest BCUT2D eigenvalue weighted by atomic mass is 16.7. The van der Waals surface area contributed by atoms with Crippen molar-refractivity contribution in [3.8, 4) is 0 Å². The van der Waals surface area contributed by atoms with Gasteiger partial charge in [-0.3, -0.25) is 5.32 Å². The van der Waals surface area contributed by atoms with Crippen LogP contribution in [-0.4, -0.2) is 41.8 Å². The van der Waals surface area contributed by atoms with Crippen LogP contribution in [0.2, 0.25) is 0 Å². The first-order chi connectivity index (χ1) is 7.74. The van der Waals surface area contributed by atoms with Crippen LogP contribution in [0.3, 0.4) is 0 Å². The number of ether oxygens (including phenoxy) is 2. The van der Waals surface area contributed by atoms with E-state index in [4.69, 9.17) is 9.47 Å². The van der Waals surface area contributed by atoms with Gasteiger partial charge in [0.15, 0.2) is 5.72 Å². The lowest BCUT2D eigenvalue weighted by Gasteiger charge is -2.27. The van der Waals surface area contributed by atoms with Crippen LogP contribution in [-0.2, 0) is 9.47 Å². The smallest absolute Gasteiger partial charge is 0.164 e. The third-order valence-corrected chi connectivity index (χ3v) is 3.32. The van der Waals surface area contributed by atoms with Gasteiger partial charge < -0.3 is 14.6 Å². The van der Waals surface area contributed by atoms with Gasteiger partial charge in [0.05, 0.1) is 0 Å². The number of epoxide rings is 2. The Balaban J connectivity index is 1.60. The minimum Gasteiger partial charge on any atom is -0.369 e. The van der Waals surface area contributed by atoms with Gasteiger partial charge in [-0.15, -0.1) is 0 Å². The predicted molar refractivity (Wildman–Crippen MR) is 58.8 cm³/mol. The fourth-order valence-corrected chi connectivity index (χ4v) is 2.35. The van der Waals surface area contributed by atoms with E-state index >= 15 is 0 Å². The second kappa shape index (κ2) is 3.67. The zero-order valence-electron chi connectivity index (χ0n) is 9.30. The molecule has 4 nitrogen and oxygen atoms in total. The Morgan fingerprint density at radius 3 is 3.00 bits per heavy atom. The van der Waals surface area contributed by atoms with Crippen LogP contribution in [0.15, 0.2) is 24.3 Å². The minimum atomic E-state index is -0.991. The molecule has 2 saturated heterocycles. The average molecular weight is 223 g/mol. The number of rotatable bonds is 3. The molecule has 4 heteroatoms. The molecule has 0 aliphatic carbocycles. The van der Waals surface area contributed by atoms with Crippen molar-refractivity contribution in [1.82, 2.24) is 5.32 Å². The van der Waals surface area contributed by atoms with Crippen LogP contribution < -0.4 is 5.32 Å². The maximum absolute atomic E-state index is 10.3. The SMILES string of the molecule is C/C=C/C1OC1C1OC1C1(O)C=CCCN1. The lowest BCUT2D eigenvalue weighted by Crippen LogP contribution is -2.51. The highest BCUT2D eigenvalue weighted by Crippen LogP contribution is 2.43. The minimum absolute atomic E-state index is 0.0291. The Morgan fingerprint density at radius 1 is 1.44 bits per heavy atom. The molecule has 5 atom stereocenters. The van der Waals surface area contributed by atoms with Crippen molar-refractivity contribution < 1.29 is 14.6 Å². The van der Waals surface area contributed by atoms with Crippen LogP contribution in [0.1, 0.15) is 13.3 Å². The van der Waals surface area contributed by atoms with E-state index in [9.17, 15) is 5.11 Å². The summed E-state index contributed by atoms with van der Waals surface area (Å²) in [6.45, 7) is 2.77. The molecule has 0 radical (unpaired) electrons. The van der Waals surface area contributed by atoms with E-state index in [1.165, 1.54) is 0 Å². The van der Waals surface area contributed by atoms with Gasteiger partial charge in [-0.25, -0.2) is 0 Å². The number of hydrogen-bond acceptors (Lipinski definition) is 4. The van der Waals surface area contributed by atoms with Crippen LogP contribution in [0.5, 0.6) is 0 Å². The fraction of sp³-hybridized carbons (Fsp3) is 0.667. The number of nitrogens with one attached hydrogen (secondary N) is 1. The normalized spacial score (nSPS) is 50.9. The molecule has 3 rings (SSSR count). The summed E-state index contributed by atoms with van der Waals surface area (Å²) in [6, 6.07) is 0. The van der Waals surface area contributed by atoms with Crippen molar-refractivity contribution in [3.05, 3.63) is 24.3 Å². The van der Waals surface area contributed by atoms with E-state index in [-0.39, 0.29) is 24.4 Å². The van der Waals surface area contributed by atoms with E-state index in [0.29, 0.717) is 0 Å². The number of aliphatic hydroxyl groups is 1. The molecule has 3 aliphatic rings. The summed E-state index contributed by atoms with van der Waals surface area (Å²) in [7, 11) is 0.